The topological polar surface area (TPSA) is 55.6 Å². The molecule has 0 aliphatic carbocycles. The first-order valence-electron chi connectivity index (χ1n) is 6.46. The second-order valence-electron chi connectivity index (χ2n) is 4.60. The number of thioether (sulfide) groups is 1. The van der Waals surface area contributed by atoms with E-state index in [0.29, 0.717) is 19.7 Å². The second-order valence-corrected chi connectivity index (χ2v) is 5.59. The number of rotatable bonds is 4. The van der Waals surface area contributed by atoms with Crippen LogP contribution in [0.2, 0.25) is 0 Å². The van der Waals surface area contributed by atoms with E-state index in [2.05, 4.69) is 0 Å². The lowest BCUT2D eigenvalue weighted by atomic mass is 10.1. The molecule has 1 aromatic rings. The Kier molecular flexibility index (Phi) is 5.10. The second kappa shape index (κ2) is 6.82. The molecule has 2 rings (SSSR count). The third-order valence-electron chi connectivity index (χ3n) is 3.21. The number of para-hydroxylation sites is 1. The maximum Gasteiger partial charge on any atom is 0.239 e. The van der Waals surface area contributed by atoms with E-state index >= 15 is 0 Å². The molecule has 104 valence electrons. The lowest BCUT2D eigenvalue weighted by Crippen LogP contribution is -2.44. The normalized spacial score (nSPS) is 16.2. The molecule has 0 saturated carbocycles. The van der Waals surface area contributed by atoms with E-state index in [1.54, 1.807) is 16.7 Å². The highest BCUT2D eigenvalue weighted by Gasteiger charge is 2.23. The number of nitrogens with two attached hydrogens (primary N) is 1. The highest BCUT2D eigenvalue weighted by molar-refractivity contribution is 7.98. The maximum absolute atomic E-state index is 12.3. The monoisotopic (exact) mass is 280 g/mol. The molecule has 1 aliphatic rings. The molecule has 1 aromatic carbocycles. The van der Waals surface area contributed by atoms with Crippen molar-refractivity contribution in [1.82, 2.24) is 4.90 Å². The Labute approximate surface area is 118 Å². The smallest absolute Gasteiger partial charge is 0.239 e. The van der Waals surface area contributed by atoms with Crippen LogP contribution >= 0.6 is 11.8 Å². The number of benzene rings is 1. The predicted molar refractivity (Wildman–Crippen MR) is 78.3 cm³/mol. The van der Waals surface area contributed by atoms with Crippen LogP contribution in [0.3, 0.4) is 0 Å². The summed E-state index contributed by atoms with van der Waals surface area (Å²) in [6, 6.07) is 7.44. The molecular weight excluding hydrogens is 260 g/mol. The number of hydrogen-bond donors (Lipinski definition) is 1. The van der Waals surface area contributed by atoms with Crippen LogP contribution in [0.25, 0.3) is 0 Å². The number of carbonyl (C=O) groups is 1. The van der Waals surface area contributed by atoms with Crippen molar-refractivity contribution in [3.8, 4) is 5.75 Å². The number of fused-ring (bicyclic) bond motifs is 1. The molecule has 1 aliphatic heterocycles. The summed E-state index contributed by atoms with van der Waals surface area (Å²) in [5.41, 5.74) is 7.01. The van der Waals surface area contributed by atoms with Crippen LogP contribution < -0.4 is 10.5 Å². The van der Waals surface area contributed by atoms with E-state index in [-0.39, 0.29) is 5.91 Å². The third-order valence-corrected chi connectivity index (χ3v) is 3.86. The van der Waals surface area contributed by atoms with E-state index in [1.165, 1.54) is 0 Å². The maximum atomic E-state index is 12.3. The molecule has 1 heterocycles. The van der Waals surface area contributed by atoms with E-state index in [4.69, 9.17) is 10.5 Å². The Balaban J connectivity index is 2.03. The quantitative estimate of drug-likeness (QED) is 0.908. The zero-order chi connectivity index (χ0) is 13.7. The van der Waals surface area contributed by atoms with Crippen LogP contribution in [0.15, 0.2) is 24.3 Å². The summed E-state index contributed by atoms with van der Waals surface area (Å²) in [4.78, 5) is 14.1. The first-order valence-corrected chi connectivity index (χ1v) is 7.85. The van der Waals surface area contributed by atoms with Gasteiger partial charge in [-0.05, 0) is 24.5 Å². The zero-order valence-corrected chi connectivity index (χ0v) is 12.0. The van der Waals surface area contributed by atoms with Crippen molar-refractivity contribution in [3.63, 3.8) is 0 Å². The highest BCUT2D eigenvalue weighted by Crippen LogP contribution is 2.22. The fraction of sp³-hybridized carbons (Fsp3) is 0.500. The molecule has 0 unspecified atom stereocenters. The molecule has 0 saturated heterocycles. The van der Waals surface area contributed by atoms with Gasteiger partial charge in [0.2, 0.25) is 5.91 Å². The molecular formula is C14H20N2O2S. The standard InChI is InChI=1S/C14H20N2O2S/c1-19-9-6-12(15)14(17)16-7-8-18-13-5-3-2-4-11(13)10-16/h2-5,12H,6-10,15H2,1H3/t12-/m0/s1. The van der Waals surface area contributed by atoms with Gasteiger partial charge < -0.3 is 15.4 Å². The first-order chi connectivity index (χ1) is 9.22. The Morgan fingerprint density at radius 1 is 1.53 bits per heavy atom. The number of hydrogen-bond acceptors (Lipinski definition) is 4. The molecule has 19 heavy (non-hydrogen) atoms. The molecule has 0 bridgehead atoms. The molecule has 2 N–H and O–H groups in total. The summed E-state index contributed by atoms with van der Waals surface area (Å²) in [6.07, 6.45) is 2.74. The molecule has 1 atom stereocenters. The molecule has 1 amide bonds. The summed E-state index contributed by atoms with van der Waals surface area (Å²) in [7, 11) is 0. The number of nitrogens with zero attached hydrogens (tertiary/aromatic N) is 1. The van der Waals surface area contributed by atoms with Gasteiger partial charge in [-0.25, -0.2) is 0 Å². The van der Waals surface area contributed by atoms with Crippen LogP contribution in [-0.2, 0) is 11.3 Å². The third kappa shape index (κ3) is 3.64. The largest absolute Gasteiger partial charge is 0.491 e. The van der Waals surface area contributed by atoms with Gasteiger partial charge >= 0.3 is 0 Å². The minimum atomic E-state index is -0.405. The lowest BCUT2D eigenvalue weighted by molar-refractivity contribution is -0.133. The van der Waals surface area contributed by atoms with Crippen LogP contribution in [0.1, 0.15) is 12.0 Å². The summed E-state index contributed by atoms with van der Waals surface area (Å²) in [5.74, 6) is 1.80. The van der Waals surface area contributed by atoms with Gasteiger partial charge in [0.15, 0.2) is 0 Å². The fourth-order valence-corrected chi connectivity index (χ4v) is 2.61. The Morgan fingerprint density at radius 2 is 2.32 bits per heavy atom. The zero-order valence-electron chi connectivity index (χ0n) is 11.2. The fourth-order valence-electron chi connectivity index (χ4n) is 2.12. The van der Waals surface area contributed by atoms with Gasteiger partial charge in [0.25, 0.3) is 0 Å². The average molecular weight is 280 g/mol. The summed E-state index contributed by atoms with van der Waals surface area (Å²) >= 11 is 1.71. The molecule has 4 nitrogen and oxygen atoms in total. The number of ether oxygens (including phenoxy) is 1. The Bertz CT molecular complexity index is 439. The van der Waals surface area contributed by atoms with Gasteiger partial charge in [0.05, 0.1) is 12.6 Å². The van der Waals surface area contributed by atoms with Crippen molar-refractivity contribution in [2.45, 2.75) is 19.0 Å². The van der Waals surface area contributed by atoms with Crippen molar-refractivity contribution in [3.05, 3.63) is 29.8 Å². The Morgan fingerprint density at radius 3 is 3.11 bits per heavy atom. The van der Waals surface area contributed by atoms with Gasteiger partial charge in [-0.15, -0.1) is 0 Å². The van der Waals surface area contributed by atoms with Crippen molar-refractivity contribution < 1.29 is 9.53 Å². The molecule has 0 fully saturated rings. The molecule has 0 radical (unpaired) electrons. The van der Waals surface area contributed by atoms with Crippen LogP contribution in [0.4, 0.5) is 0 Å². The predicted octanol–water partition coefficient (Wildman–Crippen LogP) is 1.49. The number of carbonyl (C=O) groups excluding carboxylic acids is 1. The minimum Gasteiger partial charge on any atom is -0.491 e. The van der Waals surface area contributed by atoms with Crippen molar-refractivity contribution in [2.75, 3.05) is 25.2 Å². The van der Waals surface area contributed by atoms with Gasteiger partial charge in [0.1, 0.15) is 12.4 Å². The van der Waals surface area contributed by atoms with E-state index < -0.39 is 6.04 Å². The highest BCUT2D eigenvalue weighted by atomic mass is 32.2. The summed E-state index contributed by atoms with van der Waals surface area (Å²) in [5, 5.41) is 0. The van der Waals surface area contributed by atoms with Crippen LogP contribution in [0.5, 0.6) is 5.75 Å². The minimum absolute atomic E-state index is 0.0225. The Hall–Kier alpha value is -1.20. The summed E-state index contributed by atoms with van der Waals surface area (Å²) < 4.78 is 5.65. The van der Waals surface area contributed by atoms with Crippen LogP contribution in [0, 0.1) is 0 Å². The van der Waals surface area contributed by atoms with Gasteiger partial charge in [-0.2, -0.15) is 11.8 Å². The molecule has 0 spiro atoms. The van der Waals surface area contributed by atoms with Crippen LogP contribution in [-0.4, -0.2) is 42.0 Å². The van der Waals surface area contributed by atoms with Gasteiger partial charge in [-0.3, -0.25) is 4.79 Å². The van der Waals surface area contributed by atoms with Crippen molar-refractivity contribution >= 4 is 17.7 Å². The number of amides is 1. The van der Waals surface area contributed by atoms with E-state index in [0.717, 1.165) is 23.5 Å². The molecule has 5 heteroatoms. The van der Waals surface area contributed by atoms with E-state index in [1.807, 2.05) is 30.5 Å². The lowest BCUT2D eigenvalue weighted by Gasteiger charge is -2.23. The first kappa shape index (κ1) is 14.2. The van der Waals surface area contributed by atoms with Gasteiger partial charge in [-0.1, -0.05) is 18.2 Å². The molecule has 0 aromatic heterocycles. The van der Waals surface area contributed by atoms with Gasteiger partial charge in [0, 0.05) is 12.1 Å². The summed E-state index contributed by atoms with van der Waals surface area (Å²) in [6.45, 7) is 1.71. The average Bonchev–Trinajstić information content (AvgIpc) is 2.66. The van der Waals surface area contributed by atoms with E-state index in [9.17, 15) is 4.79 Å². The van der Waals surface area contributed by atoms with Crippen molar-refractivity contribution in [2.24, 2.45) is 5.73 Å². The SMILES string of the molecule is CSCC[C@H](N)C(=O)N1CCOc2ccccc2C1. The van der Waals surface area contributed by atoms with Crippen molar-refractivity contribution in [1.29, 1.82) is 0 Å².